The van der Waals surface area contributed by atoms with Crippen molar-refractivity contribution in [3.63, 3.8) is 0 Å². The van der Waals surface area contributed by atoms with Crippen LogP contribution in [-0.4, -0.2) is 40.6 Å². The molecule has 32 heavy (non-hydrogen) atoms. The molecule has 1 N–H and O–H groups in total. The lowest BCUT2D eigenvalue weighted by molar-refractivity contribution is -0.157. The van der Waals surface area contributed by atoms with Gasteiger partial charge >= 0.3 is 6.18 Å². The monoisotopic (exact) mass is 462 g/mol. The second kappa shape index (κ2) is 9.00. The molecule has 0 saturated heterocycles. The summed E-state index contributed by atoms with van der Waals surface area (Å²) in [6.45, 7) is 2.89. The van der Waals surface area contributed by atoms with Crippen LogP contribution in [0.5, 0.6) is 0 Å². The van der Waals surface area contributed by atoms with Crippen LogP contribution in [0, 0.1) is 18.3 Å². The van der Waals surface area contributed by atoms with Gasteiger partial charge in [0.25, 0.3) is 0 Å². The van der Waals surface area contributed by atoms with E-state index in [9.17, 15) is 32.8 Å². The van der Waals surface area contributed by atoms with Crippen LogP contribution in [0.25, 0.3) is 0 Å². The summed E-state index contributed by atoms with van der Waals surface area (Å²) in [4.78, 5) is 41.5. The van der Waals surface area contributed by atoms with Gasteiger partial charge in [0.05, 0.1) is 29.1 Å². The van der Waals surface area contributed by atoms with Gasteiger partial charge in [-0.1, -0.05) is 23.9 Å². The molecule has 2 heterocycles. The first-order valence-electron chi connectivity index (χ1n) is 9.36. The zero-order valence-electron chi connectivity index (χ0n) is 17.0. The van der Waals surface area contributed by atoms with E-state index in [1.165, 1.54) is 37.3 Å². The molecule has 0 bridgehead atoms. The fourth-order valence-corrected chi connectivity index (χ4v) is 4.19. The lowest BCUT2D eigenvalue weighted by atomic mass is 10.1. The smallest absolute Gasteiger partial charge is 0.324 e. The number of thioether (sulfide) groups is 1. The number of fused-ring (bicyclic) bond motifs is 1. The fraction of sp³-hybridized carbons (Fsp3) is 0.286. The highest BCUT2D eigenvalue weighted by molar-refractivity contribution is 8.00. The van der Waals surface area contributed by atoms with Crippen molar-refractivity contribution in [3.05, 3.63) is 47.2 Å². The van der Waals surface area contributed by atoms with Crippen LogP contribution in [0.15, 0.2) is 35.4 Å². The van der Waals surface area contributed by atoms with E-state index in [-0.39, 0.29) is 33.3 Å². The first kappa shape index (κ1) is 23.3. The van der Waals surface area contributed by atoms with Crippen molar-refractivity contribution in [1.29, 1.82) is 5.26 Å². The van der Waals surface area contributed by atoms with E-state index in [4.69, 9.17) is 0 Å². The second-order valence-corrected chi connectivity index (χ2v) is 7.99. The number of hydrogen-bond donors (Lipinski definition) is 1. The number of nitriles is 1. The average molecular weight is 462 g/mol. The molecule has 1 aromatic carbocycles. The molecule has 1 aliphatic rings. The van der Waals surface area contributed by atoms with Crippen LogP contribution < -0.4 is 10.2 Å². The number of nitrogens with one attached hydrogen (secondary N) is 1. The molecule has 7 nitrogen and oxygen atoms in total. The Hall–Kier alpha value is -3.39. The van der Waals surface area contributed by atoms with Gasteiger partial charge in [-0.3, -0.25) is 19.3 Å². The van der Waals surface area contributed by atoms with Gasteiger partial charge in [-0.05, 0) is 32.0 Å². The molecule has 1 aliphatic heterocycles. The Morgan fingerprint density at radius 3 is 2.66 bits per heavy atom. The van der Waals surface area contributed by atoms with Gasteiger partial charge in [0.2, 0.25) is 11.8 Å². The van der Waals surface area contributed by atoms with E-state index in [1.54, 1.807) is 6.92 Å². The Balaban J connectivity index is 1.95. The number of carbonyl (C=O) groups is 3. The first-order chi connectivity index (χ1) is 15.0. The van der Waals surface area contributed by atoms with Crippen LogP contribution in [0.2, 0.25) is 0 Å². The number of rotatable bonds is 4. The van der Waals surface area contributed by atoms with Crippen LogP contribution >= 0.6 is 11.8 Å². The Kier molecular flexibility index (Phi) is 6.55. The zero-order chi connectivity index (χ0) is 23.6. The summed E-state index contributed by atoms with van der Waals surface area (Å²) in [7, 11) is 0. The van der Waals surface area contributed by atoms with Crippen molar-refractivity contribution in [3.8, 4) is 6.07 Å². The number of benzene rings is 1. The third kappa shape index (κ3) is 4.75. The molecule has 0 fully saturated rings. The number of anilines is 2. The minimum Gasteiger partial charge on any atom is -0.324 e. The van der Waals surface area contributed by atoms with Crippen molar-refractivity contribution >= 4 is 40.7 Å². The van der Waals surface area contributed by atoms with E-state index in [1.807, 2.05) is 6.07 Å². The van der Waals surface area contributed by atoms with Crippen LogP contribution in [0.3, 0.4) is 0 Å². The molecule has 1 aromatic heterocycles. The van der Waals surface area contributed by atoms with Gasteiger partial charge in [0, 0.05) is 11.3 Å². The number of halogens is 3. The first-order valence-corrected chi connectivity index (χ1v) is 10.3. The Labute approximate surface area is 185 Å². The summed E-state index contributed by atoms with van der Waals surface area (Å²) in [5.74, 6) is -2.51. The maximum absolute atomic E-state index is 13.8. The predicted octanol–water partition coefficient (Wildman–Crippen LogP) is 3.86. The number of aromatic nitrogens is 1. The Bertz CT molecular complexity index is 1140. The molecule has 1 atom stereocenters. The molecule has 2 aromatic rings. The van der Waals surface area contributed by atoms with E-state index in [2.05, 4.69) is 10.3 Å². The molecule has 2 amide bonds. The number of hydrogen-bond acceptors (Lipinski definition) is 6. The Morgan fingerprint density at radius 1 is 1.34 bits per heavy atom. The van der Waals surface area contributed by atoms with Gasteiger partial charge in [-0.15, -0.1) is 0 Å². The highest BCUT2D eigenvalue weighted by Crippen LogP contribution is 2.38. The van der Waals surface area contributed by atoms with Gasteiger partial charge in [0.1, 0.15) is 17.1 Å². The minimum atomic E-state index is -4.84. The number of aryl methyl sites for hydroxylation is 1. The van der Waals surface area contributed by atoms with Gasteiger partial charge < -0.3 is 5.32 Å². The van der Waals surface area contributed by atoms with Gasteiger partial charge in [-0.25, -0.2) is 4.98 Å². The number of ketones is 1. The molecule has 0 aliphatic carbocycles. The van der Waals surface area contributed by atoms with E-state index < -0.39 is 36.2 Å². The number of nitrogens with zero attached hydrogens (tertiary/aromatic N) is 3. The van der Waals surface area contributed by atoms with E-state index in [0.29, 0.717) is 10.6 Å². The molecule has 11 heteroatoms. The molecule has 3 rings (SSSR count). The number of Topliss-reactive ketones (excluding diaryl/α,β-unsaturated/α-hetero) is 1. The number of carbonyl (C=O) groups excluding carboxylic acids is 3. The third-order valence-electron chi connectivity index (χ3n) is 4.78. The van der Waals surface area contributed by atoms with Crippen molar-refractivity contribution in [1.82, 2.24) is 4.98 Å². The lowest BCUT2D eigenvalue weighted by Crippen LogP contribution is -2.50. The zero-order valence-corrected chi connectivity index (χ0v) is 17.8. The normalized spacial score (nSPS) is 15.9. The summed E-state index contributed by atoms with van der Waals surface area (Å²) >= 11 is 0.794. The van der Waals surface area contributed by atoms with Gasteiger partial charge in [-0.2, -0.15) is 18.4 Å². The van der Waals surface area contributed by atoms with Gasteiger partial charge in [0.15, 0.2) is 5.78 Å². The SMILES string of the molecule is CC(=O)c1cc(C#N)c(SCC(=O)N2c3ccccc3NC(=O)CC2C(F)(F)F)nc1C. The van der Waals surface area contributed by atoms with Crippen LogP contribution in [0.1, 0.15) is 35.0 Å². The van der Waals surface area contributed by atoms with Crippen molar-refractivity contribution in [2.45, 2.75) is 37.5 Å². The summed E-state index contributed by atoms with van der Waals surface area (Å²) in [6, 6.07) is 6.64. The second-order valence-electron chi connectivity index (χ2n) is 7.02. The number of para-hydroxylation sites is 2. The average Bonchev–Trinajstić information content (AvgIpc) is 2.87. The minimum absolute atomic E-state index is 0.0408. The molecule has 166 valence electrons. The van der Waals surface area contributed by atoms with E-state index >= 15 is 0 Å². The predicted molar refractivity (Wildman–Crippen MR) is 111 cm³/mol. The number of amides is 2. The molecular weight excluding hydrogens is 445 g/mol. The standard InChI is InChI=1S/C21H17F3N4O3S/c1-11-14(12(2)29)7-13(9-25)20(26-11)32-10-19(31)28-16-6-4-3-5-15(16)27-18(30)8-17(28)21(22,23)24/h3-7,17H,8,10H2,1-2H3,(H,27,30). The highest BCUT2D eigenvalue weighted by Gasteiger charge is 2.48. The highest BCUT2D eigenvalue weighted by atomic mass is 32.2. The molecule has 1 unspecified atom stereocenters. The number of pyridine rings is 1. The van der Waals surface area contributed by atoms with Crippen molar-refractivity contribution in [2.75, 3.05) is 16.0 Å². The summed E-state index contributed by atoms with van der Waals surface area (Å²) in [6.07, 6.45) is -5.78. The summed E-state index contributed by atoms with van der Waals surface area (Å²) in [5, 5.41) is 11.9. The summed E-state index contributed by atoms with van der Waals surface area (Å²) in [5.41, 5.74) is 0.664. The van der Waals surface area contributed by atoms with Crippen molar-refractivity contribution in [2.24, 2.45) is 0 Å². The fourth-order valence-electron chi connectivity index (χ4n) is 3.33. The number of alkyl halides is 3. The van der Waals surface area contributed by atoms with Crippen molar-refractivity contribution < 1.29 is 27.6 Å². The Morgan fingerprint density at radius 2 is 2.03 bits per heavy atom. The largest absolute Gasteiger partial charge is 0.409 e. The lowest BCUT2D eigenvalue weighted by Gasteiger charge is -2.31. The summed E-state index contributed by atoms with van der Waals surface area (Å²) < 4.78 is 41.4. The van der Waals surface area contributed by atoms with Crippen LogP contribution in [0.4, 0.5) is 24.5 Å². The topological polar surface area (TPSA) is 103 Å². The molecular formula is C21H17F3N4O3S. The van der Waals surface area contributed by atoms with Crippen LogP contribution in [-0.2, 0) is 9.59 Å². The van der Waals surface area contributed by atoms with E-state index in [0.717, 1.165) is 11.8 Å². The third-order valence-corrected chi connectivity index (χ3v) is 5.76. The molecule has 0 spiro atoms. The molecule has 0 saturated carbocycles. The maximum Gasteiger partial charge on any atom is 0.409 e. The quantitative estimate of drug-likeness (QED) is 0.547. The maximum atomic E-state index is 13.8. The molecule has 0 radical (unpaired) electrons.